The van der Waals surface area contributed by atoms with Gasteiger partial charge in [-0.15, -0.1) is 0 Å². The molecule has 6 heteroatoms. The SMILES string of the molecule is O=C(CS(=O)(=O)Cc1ccc(Cl)cc1)c1ccco1. The number of halogens is 1. The predicted octanol–water partition coefficient (Wildman–Crippen LogP) is 2.73. The zero-order valence-electron chi connectivity index (χ0n) is 9.87. The Balaban J connectivity index is 2.07. The van der Waals surface area contributed by atoms with Gasteiger partial charge in [-0.1, -0.05) is 23.7 Å². The summed E-state index contributed by atoms with van der Waals surface area (Å²) in [7, 11) is -3.53. The molecule has 19 heavy (non-hydrogen) atoms. The fourth-order valence-corrected chi connectivity index (χ4v) is 3.06. The molecule has 0 fully saturated rings. The molecule has 1 aromatic heterocycles. The Morgan fingerprint density at radius 2 is 1.84 bits per heavy atom. The van der Waals surface area contributed by atoms with E-state index >= 15 is 0 Å². The van der Waals surface area contributed by atoms with Crippen LogP contribution in [0.3, 0.4) is 0 Å². The van der Waals surface area contributed by atoms with E-state index in [4.69, 9.17) is 16.0 Å². The van der Waals surface area contributed by atoms with Crippen LogP contribution in [0.1, 0.15) is 16.1 Å². The minimum absolute atomic E-state index is 0.0553. The van der Waals surface area contributed by atoms with Crippen molar-refractivity contribution in [1.82, 2.24) is 0 Å². The molecule has 0 saturated heterocycles. The molecule has 0 aliphatic heterocycles. The van der Waals surface area contributed by atoms with E-state index in [0.717, 1.165) is 0 Å². The molecule has 0 aliphatic carbocycles. The molecule has 0 saturated carbocycles. The van der Waals surface area contributed by atoms with Crippen molar-refractivity contribution in [1.29, 1.82) is 0 Å². The first kappa shape index (κ1) is 13.8. The van der Waals surface area contributed by atoms with E-state index < -0.39 is 21.4 Å². The van der Waals surface area contributed by atoms with Gasteiger partial charge in [0.25, 0.3) is 0 Å². The van der Waals surface area contributed by atoms with Crippen molar-refractivity contribution in [2.24, 2.45) is 0 Å². The average molecular weight is 299 g/mol. The number of benzene rings is 1. The number of hydrogen-bond acceptors (Lipinski definition) is 4. The zero-order valence-corrected chi connectivity index (χ0v) is 11.4. The maximum absolute atomic E-state index is 11.9. The summed E-state index contributed by atoms with van der Waals surface area (Å²) < 4.78 is 28.7. The maximum Gasteiger partial charge on any atom is 0.212 e. The number of rotatable bonds is 5. The lowest BCUT2D eigenvalue weighted by atomic mass is 10.2. The summed E-state index contributed by atoms with van der Waals surface area (Å²) in [6.45, 7) is 0. The largest absolute Gasteiger partial charge is 0.461 e. The van der Waals surface area contributed by atoms with E-state index in [1.807, 2.05) is 0 Å². The van der Waals surface area contributed by atoms with Gasteiger partial charge in [-0.3, -0.25) is 4.79 Å². The van der Waals surface area contributed by atoms with Gasteiger partial charge in [0, 0.05) is 5.02 Å². The standard InChI is InChI=1S/C13H11ClO4S/c14-11-5-3-10(4-6-11)8-19(16,17)9-12(15)13-2-1-7-18-13/h1-7H,8-9H2. The fourth-order valence-electron chi connectivity index (χ4n) is 1.59. The van der Waals surface area contributed by atoms with Crippen molar-refractivity contribution < 1.29 is 17.6 Å². The Hall–Kier alpha value is -1.59. The first-order chi connectivity index (χ1) is 8.96. The van der Waals surface area contributed by atoms with Gasteiger partial charge in [-0.2, -0.15) is 0 Å². The van der Waals surface area contributed by atoms with Crippen LogP contribution >= 0.6 is 11.6 Å². The zero-order chi connectivity index (χ0) is 13.9. The van der Waals surface area contributed by atoms with E-state index in [1.165, 1.54) is 12.3 Å². The van der Waals surface area contributed by atoms with Crippen LogP contribution in [0.5, 0.6) is 0 Å². The Bertz CT molecular complexity index is 657. The van der Waals surface area contributed by atoms with Gasteiger partial charge in [0.2, 0.25) is 5.78 Å². The van der Waals surface area contributed by atoms with Crippen LogP contribution in [0.4, 0.5) is 0 Å². The van der Waals surface area contributed by atoms with E-state index in [1.54, 1.807) is 30.3 Å². The van der Waals surface area contributed by atoms with Crippen molar-refractivity contribution in [3.63, 3.8) is 0 Å². The van der Waals surface area contributed by atoms with E-state index in [-0.39, 0.29) is 11.5 Å². The summed E-state index contributed by atoms with van der Waals surface area (Å²) in [5.74, 6) is -1.25. The molecule has 100 valence electrons. The molecule has 0 bridgehead atoms. The lowest BCUT2D eigenvalue weighted by Gasteiger charge is -2.03. The first-order valence-corrected chi connectivity index (χ1v) is 7.68. The Morgan fingerprint density at radius 1 is 1.16 bits per heavy atom. The molecule has 2 rings (SSSR count). The highest BCUT2D eigenvalue weighted by Gasteiger charge is 2.20. The molecule has 0 unspecified atom stereocenters. The van der Waals surface area contributed by atoms with Crippen molar-refractivity contribution in [2.75, 3.05) is 5.75 Å². The minimum atomic E-state index is -3.53. The van der Waals surface area contributed by atoms with Crippen molar-refractivity contribution in [3.8, 4) is 0 Å². The highest BCUT2D eigenvalue weighted by Crippen LogP contribution is 2.13. The highest BCUT2D eigenvalue weighted by atomic mass is 35.5. The molecular weight excluding hydrogens is 288 g/mol. The smallest absolute Gasteiger partial charge is 0.212 e. The van der Waals surface area contributed by atoms with Gasteiger partial charge in [0.1, 0.15) is 5.75 Å². The van der Waals surface area contributed by atoms with Gasteiger partial charge in [-0.05, 0) is 29.8 Å². The molecule has 1 aromatic carbocycles. The second-order valence-corrected chi connectivity index (χ2v) is 6.56. The second-order valence-electron chi connectivity index (χ2n) is 4.06. The van der Waals surface area contributed by atoms with Gasteiger partial charge in [0.15, 0.2) is 15.6 Å². The average Bonchev–Trinajstić information content (AvgIpc) is 2.85. The lowest BCUT2D eigenvalue weighted by Crippen LogP contribution is -2.17. The van der Waals surface area contributed by atoms with Crippen molar-refractivity contribution >= 4 is 27.2 Å². The van der Waals surface area contributed by atoms with Crippen LogP contribution < -0.4 is 0 Å². The monoisotopic (exact) mass is 298 g/mol. The number of hydrogen-bond donors (Lipinski definition) is 0. The molecule has 4 nitrogen and oxygen atoms in total. The number of ketones is 1. The molecule has 0 radical (unpaired) electrons. The van der Waals surface area contributed by atoms with Crippen LogP contribution in [-0.4, -0.2) is 20.0 Å². The normalized spacial score (nSPS) is 11.4. The lowest BCUT2D eigenvalue weighted by molar-refractivity contribution is 0.0990. The maximum atomic E-state index is 11.9. The number of sulfone groups is 1. The third kappa shape index (κ3) is 3.94. The predicted molar refractivity (Wildman–Crippen MR) is 72.0 cm³/mol. The fraction of sp³-hybridized carbons (Fsp3) is 0.154. The Labute approximate surface area is 115 Å². The first-order valence-electron chi connectivity index (χ1n) is 5.48. The highest BCUT2D eigenvalue weighted by molar-refractivity contribution is 7.91. The summed E-state index contributed by atoms with van der Waals surface area (Å²) in [5.41, 5.74) is 0.594. The summed E-state index contributed by atoms with van der Waals surface area (Å²) >= 11 is 5.72. The van der Waals surface area contributed by atoms with Crippen LogP contribution in [-0.2, 0) is 15.6 Å². The minimum Gasteiger partial charge on any atom is -0.461 e. The summed E-state index contributed by atoms with van der Waals surface area (Å²) in [6, 6.07) is 9.45. The summed E-state index contributed by atoms with van der Waals surface area (Å²) in [4.78, 5) is 11.7. The van der Waals surface area contributed by atoms with E-state index in [0.29, 0.717) is 10.6 Å². The number of carbonyl (C=O) groups excluding carboxylic acids is 1. The molecule has 0 atom stereocenters. The van der Waals surface area contributed by atoms with Crippen LogP contribution in [0.2, 0.25) is 5.02 Å². The molecule has 2 aromatic rings. The van der Waals surface area contributed by atoms with Gasteiger partial charge < -0.3 is 4.42 Å². The number of Topliss-reactive ketones (excluding diaryl/α,β-unsaturated/α-hetero) is 1. The molecular formula is C13H11ClO4S. The van der Waals surface area contributed by atoms with E-state index in [2.05, 4.69) is 0 Å². The molecule has 0 aliphatic rings. The van der Waals surface area contributed by atoms with E-state index in [9.17, 15) is 13.2 Å². The molecule has 0 amide bonds. The molecule has 1 heterocycles. The van der Waals surface area contributed by atoms with Crippen LogP contribution in [0.15, 0.2) is 47.1 Å². The molecule has 0 spiro atoms. The van der Waals surface area contributed by atoms with Gasteiger partial charge >= 0.3 is 0 Å². The summed E-state index contributed by atoms with van der Waals surface area (Å²) in [5, 5.41) is 0.535. The second kappa shape index (κ2) is 5.59. The quantitative estimate of drug-likeness (QED) is 0.796. The molecule has 0 N–H and O–H groups in total. The van der Waals surface area contributed by atoms with Crippen molar-refractivity contribution in [2.45, 2.75) is 5.75 Å². The number of furan rings is 1. The topological polar surface area (TPSA) is 64.3 Å². The van der Waals surface area contributed by atoms with Gasteiger partial charge in [0.05, 0.1) is 12.0 Å². The Kier molecular flexibility index (Phi) is 4.07. The van der Waals surface area contributed by atoms with Gasteiger partial charge in [-0.25, -0.2) is 8.42 Å². The summed E-state index contributed by atoms with van der Waals surface area (Å²) in [6.07, 6.45) is 1.33. The van der Waals surface area contributed by atoms with Crippen LogP contribution in [0.25, 0.3) is 0 Å². The third-order valence-electron chi connectivity index (χ3n) is 2.45. The Morgan fingerprint density at radius 3 is 2.42 bits per heavy atom. The number of carbonyl (C=O) groups is 1. The van der Waals surface area contributed by atoms with Crippen LogP contribution in [0, 0.1) is 0 Å². The third-order valence-corrected chi connectivity index (χ3v) is 4.17. The van der Waals surface area contributed by atoms with Crippen molar-refractivity contribution in [3.05, 3.63) is 59.0 Å².